The lowest BCUT2D eigenvalue weighted by atomic mass is 9.73. The number of ether oxygens (including phenoxy) is 1. The van der Waals surface area contributed by atoms with Crippen molar-refractivity contribution in [3.05, 3.63) is 82.1 Å². The van der Waals surface area contributed by atoms with Gasteiger partial charge in [0.05, 0.1) is 0 Å². The van der Waals surface area contributed by atoms with Crippen LogP contribution in [-0.2, 0) is 23.9 Å². The maximum Gasteiger partial charge on any atom is 0.321 e. The fourth-order valence-electron chi connectivity index (χ4n) is 9.12. The van der Waals surface area contributed by atoms with Crippen molar-refractivity contribution in [2.45, 2.75) is 128 Å². The molecule has 1 aromatic carbocycles. The van der Waals surface area contributed by atoms with E-state index in [2.05, 4.69) is 41.8 Å². The summed E-state index contributed by atoms with van der Waals surface area (Å²) < 4.78 is 5.76. The Morgan fingerprint density at radius 1 is 1.06 bits per heavy atom. The summed E-state index contributed by atoms with van der Waals surface area (Å²) in [4.78, 5) is 50.6. The lowest BCUT2D eigenvalue weighted by Crippen LogP contribution is -2.52. The number of carboxylic acid groups (broad SMARTS) is 1. The Morgan fingerprint density at radius 3 is 2.46 bits per heavy atom. The molecule has 0 saturated heterocycles. The van der Waals surface area contributed by atoms with Gasteiger partial charge in [-0.05, 0) is 118 Å². The summed E-state index contributed by atoms with van der Waals surface area (Å²) in [6.07, 6.45) is 19.7. The molecule has 5 rings (SSSR count). The SMILES string of the molecule is CC(=O)NCCC1(C(O)NC(CC2=CC=C([C@@H](C)C3CC(c4ccc(Cl)cc4)C(CCC(=O)COC4=CCCC=C4)CCC3=O)CC2)C(=O)O)CCCC1. The van der Waals surface area contributed by atoms with E-state index in [1.165, 1.54) is 12.5 Å². The molecule has 1 amide bonds. The van der Waals surface area contributed by atoms with Gasteiger partial charge < -0.3 is 20.3 Å². The molecule has 0 radical (unpaired) electrons. The molecule has 10 heteroatoms. The number of benzene rings is 1. The van der Waals surface area contributed by atoms with E-state index in [9.17, 15) is 29.4 Å². The summed E-state index contributed by atoms with van der Waals surface area (Å²) in [5, 5.41) is 28.0. The second-order valence-electron chi connectivity index (χ2n) is 16.0. The lowest BCUT2D eigenvalue weighted by Gasteiger charge is -2.36. The average Bonchev–Trinajstić information content (AvgIpc) is 3.58. The van der Waals surface area contributed by atoms with Gasteiger partial charge in [-0.2, -0.15) is 0 Å². The van der Waals surface area contributed by atoms with E-state index >= 15 is 0 Å². The molecule has 294 valence electrons. The highest BCUT2D eigenvalue weighted by Crippen LogP contribution is 2.46. The molecule has 5 unspecified atom stereocenters. The summed E-state index contributed by atoms with van der Waals surface area (Å²) in [6, 6.07) is 6.97. The number of allylic oxidation sites excluding steroid dienone is 6. The third kappa shape index (κ3) is 11.5. The van der Waals surface area contributed by atoms with Crippen LogP contribution in [0.3, 0.4) is 0 Å². The number of Topliss-reactive ketones (excluding diaryl/α,β-unsaturated/α-hetero) is 2. The third-order valence-electron chi connectivity index (χ3n) is 12.5. The molecule has 0 heterocycles. The molecule has 54 heavy (non-hydrogen) atoms. The van der Waals surface area contributed by atoms with Gasteiger partial charge in [0.1, 0.15) is 30.4 Å². The maximum atomic E-state index is 13.8. The quantitative estimate of drug-likeness (QED) is 0.0868. The van der Waals surface area contributed by atoms with Gasteiger partial charge in [-0.25, -0.2) is 0 Å². The van der Waals surface area contributed by atoms with Crippen molar-refractivity contribution in [2.24, 2.45) is 23.2 Å². The molecule has 1 aromatic rings. The number of carboxylic acids is 1. The number of rotatable bonds is 18. The molecule has 0 aliphatic heterocycles. The summed E-state index contributed by atoms with van der Waals surface area (Å²) in [5.41, 5.74) is 2.85. The first kappa shape index (κ1) is 41.6. The van der Waals surface area contributed by atoms with Crippen LogP contribution in [0, 0.1) is 23.2 Å². The summed E-state index contributed by atoms with van der Waals surface area (Å²) in [6.45, 7) is 4.11. The van der Waals surface area contributed by atoms with Crippen LogP contribution in [0.15, 0.2) is 71.6 Å². The highest BCUT2D eigenvalue weighted by molar-refractivity contribution is 6.30. The van der Waals surface area contributed by atoms with Crippen LogP contribution >= 0.6 is 11.6 Å². The minimum absolute atomic E-state index is 0.0109. The van der Waals surface area contributed by atoms with Crippen LogP contribution in [0.2, 0.25) is 5.02 Å². The Kier molecular flexibility index (Phi) is 15.3. The van der Waals surface area contributed by atoms with Crippen LogP contribution in [0.4, 0.5) is 0 Å². The number of carbonyl (C=O) groups excluding carboxylic acids is 3. The molecule has 0 spiro atoms. The Labute approximate surface area is 325 Å². The number of ketones is 2. The molecule has 0 bridgehead atoms. The normalized spacial score (nSPS) is 24.3. The van der Waals surface area contributed by atoms with Gasteiger partial charge in [-0.1, -0.05) is 72.9 Å². The topological polar surface area (TPSA) is 142 Å². The maximum absolute atomic E-state index is 13.8. The Balaban J connectivity index is 1.23. The molecule has 4 aliphatic rings. The first-order chi connectivity index (χ1) is 25.9. The van der Waals surface area contributed by atoms with E-state index < -0.39 is 23.7 Å². The number of nitrogens with one attached hydrogen (secondary N) is 2. The van der Waals surface area contributed by atoms with Crippen LogP contribution in [0.25, 0.3) is 0 Å². The van der Waals surface area contributed by atoms with Crippen molar-refractivity contribution >= 4 is 35.0 Å². The van der Waals surface area contributed by atoms with Crippen molar-refractivity contribution in [1.82, 2.24) is 10.6 Å². The number of aliphatic carboxylic acids is 1. The van der Waals surface area contributed by atoms with E-state index in [-0.39, 0.29) is 54.2 Å². The molecule has 9 nitrogen and oxygen atoms in total. The highest BCUT2D eigenvalue weighted by atomic mass is 35.5. The number of hydrogen-bond acceptors (Lipinski definition) is 7. The van der Waals surface area contributed by atoms with Crippen molar-refractivity contribution in [2.75, 3.05) is 13.2 Å². The molecule has 0 aromatic heterocycles. The monoisotopic (exact) mass is 762 g/mol. The number of aliphatic hydroxyl groups excluding tert-OH is 1. The fourth-order valence-corrected chi connectivity index (χ4v) is 9.24. The van der Waals surface area contributed by atoms with Gasteiger partial charge in [0, 0.05) is 42.7 Å². The van der Waals surface area contributed by atoms with Gasteiger partial charge in [0.25, 0.3) is 0 Å². The van der Waals surface area contributed by atoms with E-state index in [1.807, 2.05) is 30.4 Å². The van der Waals surface area contributed by atoms with Crippen molar-refractivity contribution in [1.29, 1.82) is 0 Å². The predicted octanol–water partition coefficient (Wildman–Crippen LogP) is 8.13. The van der Waals surface area contributed by atoms with Crippen molar-refractivity contribution in [3.63, 3.8) is 0 Å². The average molecular weight is 763 g/mol. The minimum Gasteiger partial charge on any atom is -0.486 e. The molecule has 6 atom stereocenters. The summed E-state index contributed by atoms with van der Waals surface area (Å²) >= 11 is 6.28. The third-order valence-corrected chi connectivity index (χ3v) is 12.7. The standard InChI is InChI=1S/C44H59ClN2O7/c1-29(32-12-10-31(11-13-32)26-40(42(51)52)47-43(53)44(22-6-7-23-44)24-25-46-30(2)48)38-27-39(33-14-18-35(45)19-15-33)34(17-21-41(38)50)16-20-36(49)28-54-37-8-4-3-5-9-37/h4,8-10,12,14-15,18-19,29,34,38-40,43,47,53H,3,5-7,11,13,16-17,20-28H2,1-2H3,(H,46,48)(H,51,52)/t29-,34?,38?,39?,40?,43?/m1/s1. The molecular formula is C44H59ClN2O7. The van der Waals surface area contributed by atoms with Gasteiger partial charge in [-0.15, -0.1) is 0 Å². The molecular weight excluding hydrogens is 704 g/mol. The zero-order valence-corrected chi connectivity index (χ0v) is 32.8. The van der Waals surface area contributed by atoms with Gasteiger partial charge in [-0.3, -0.25) is 24.5 Å². The number of carbonyl (C=O) groups is 4. The molecule has 2 fully saturated rings. The number of aliphatic hydroxyl groups is 1. The first-order valence-electron chi connectivity index (χ1n) is 20.0. The van der Waals surface area contributed by atoms with Crippen molar-refractivity contribution < 1.29 is 34.1 Å². The second kappa shape index (κ2) is 19.9. The Bertz CT molecular complexity index is 1610. The van der Waals surface area contributed by atoms with E-state index in [1.54, 1.807) is 0 Å². The lowest BCUT2D eigenvalue weighted by molar-refractivity contribution is -0.141. The summed E-state index contributed by atoms with van der Waals surface area (Å²) in [7, 11) is 0. The zero-order valence-electron chi connectivity index (χ0n) is 32.0. The number of halogens is 1. The van der Waals surface area contributed by atoms with E-state index in [4.69, 9.17) is 16.3 Å². The fraction of sp³-hybridized carbons (Fsp3) is 0.591. The molecule has 4 aliphatic carbocycles. The van der Waals surface area contributed by atoms with Crippen LogP contribution in [0.5, 0.6) is 0 Å². The van der Waals surface area contributed by atoms with Gasteiger partial charge in [0.2, 0.25) is 5.91 Å². The summed E-state index contributed by atoms with van der Waals surface area (Å²) in [5.74, 6) is 0.0550. The Hall–Kier alpha value is -3.53. The highest BCUT2D eigenvalue weighted by Gasteiger charge is 2.42. The molecule has 4 N–H and O–H groups in total. The Morgan fingerprint density at radius 2 is 1.81 bits per heavy atom. The minimum atomic E-state index is -1.01. The second-order valence-corrected chi connectivity index (χ2v) is 16.5. The number of hydrogen-bond donors (Lipinski definition) is 4. The smallest absolute Gasteiger partial charge is 0.321 e. The van der Waals surface area contributed by atoms with Crippen molar-refractivity contribution in [3.8, 4) is 0 Å². The molecule has 2 saturated carbocycles. The largest absolute Gasteiger partial charge is 0.486 e. The van der Waals surface area contributed by atoms with Crippen LogP contribution < -0.4 is 10.6 Å². The van der Waals surface area contributed by atoms with E-state index in [0.717, 1.165) is 68.3 Å². The van der Waals surface area contributed by atoms with E-state index in [0.29, 0.717) is 50.1 Å². The van der Waals surface area contributed by atoms with Gasteiger partial charge >= 0.3 is 5.97 Å². The van der Waals surface area contributed by atoms with Crippen LogP contribution in [-0.4, -0.2) is 59.1 Å². The van der Waals surface area contributed by atoms with Crippen LogP contribution in [0.1, 0.15) is 122 Å². The zero-order chi connectivity index (χ0) is 38.7. The predicted molar refractivity (Wildman–Crippen MR) is 211 cm³/mol. The number of amides is 1. The van der Waals surface area contributed by atoms with Gasteiger partial charge in [0.15, 0.2) is 5.78 Å². The first-order valence-corrected chi connectivity index (χ1v) is 20.4.